The van der Waals surface area contributed by atoms with Crippen LogP contribution in [0, 0.1) is 0 Å². The minimum atomic E-state index is 0.431. The van der Waals surface area contributed by atoms with Crippen LogP contribution in [0.2, 0.25) is 0 Å². The third-order valence-electron chi connectivity index (χ3n) is 2.75. The van der Waals surface area contributed by atoms with Crippen LogP contribution in [0.15, 0.2) is 12.4 Å². The highest BCUT2D eigenvalue weighted by Crippen LogP contribution is 2.24. The van der Waals surface area contributed by atoms with Crippen molar-refractivity contribution in [2.75, 3.05) is 23.7 Å². The van der Waals surface area contributed by atoms with E-state index < -0.39 is 0 Å². The summed E-state index contributed by atoms with van der Waals surface area (Å²) in [6.45, 7) is 4.38. The molecule has 1 aromatic heterocycles. The average Bonchev–Trinajstić information content (AvgIpc) is 2.39. The predicted molar refractivity (Wildman–Crippen MR) is 70.3 cm³/mol. The highest BCUT2D eigenvalue weighted by Gasteiger charge is 2.19. The first kappa shape index (κ1) is 12.0. The Kier molecular flexibility index (Phi) is 4.29. The summed E-state index contributed by atoms with van der Waals surface area (Å²) in [5.74, 6) is 2.59. The first-order valence-corrected chi connectivity index (χ1v) is 7.15. The number of aromatic nitrogens is 2. The summed E-state index contributed by atoms with van der Waals surface area (Å²) in [6.07, 6.45) is 4.82. The van der Waals surface area contributed by atoms with Crippen molar-refractivity contribution in [3.63, 3.8) is 0 Å². The third kappa shape index (κ3) is 2.80. The van der Waals surface area contributed by atoms with Crippen LogP contribution in [0.1, 0.15) is 19.0 Å². The number of nitrogens with zero attached hydrogens (tertiary/aromatic N) is 3. The normalized spacial score (nSPS) is 21.1. The van der Waals surface area contributed by atoms with Gasteiger partial charge in [0.25, 0.3) is 0 Å². The molecule has 1 saturated heterocycles. The van der Waals surface area contributed by atoms with Crippen LogP contribution >= 0.6 is 23.4 Å². The molecule has 0 amide bonds. The summed E-state index contributed by atoms with van der Waals surface area (Å²) >= 11 is 7.75. The van der Waals surface area contributed by atoms with Gasteiger partial charge in [-0.2, -0.15) is 11.8 Å². The molecule has 0 bridgehead atoms. The van der Waals surface area contributed by atoms with Crippen LogP contribution in [-0.2, 0) is 5.88 Å². The Morgan fingerprint density at radius 3 is 3.00 bits per heavy atom. The summed E-state index contributed by atoms with van der Waals surface area (Å²) < 4.78 is 0. The van der Waals surface area contributed by atoms with Gasteiger partial charge in [0.2, 0.25) is 0 Å². The second-order valence-corrected chi connectivity index (χ2v) is 5.52. The summed E-state index contributed by atoms with van der Waals surface area (Å²) in [7, 11) is 0. The predicted octanol–water partition coefficient (Wildman–Crippen LogP) is 2.55. The van der Waals surface area contributed by atoms with Crippen LogP contribution in [0.5, 0.6) is 0 Å². The molecule has 88 valence electrons. The Hall–Kier alpha value is -0.480. The summed E-state index contributed by atoms with van der Waals surface area (Å²) in [5.41, 5.74) is 0.837. The van der Waals surface area contributed by atoms with Gasteiger partial charge in [-0.15, -0.1) is 11.6 Å². The van der Waals surface area contributed by atoms with Gasteiger partial charge in [-0.3, -0.25) is 4.98 Å². The molecule has 2 heterocycles. The molecule has 0 aromatic carbocycles. The van der Waals surface area contributed by atoms with E-state index in [0.29, 0.717) is 5.88 Å². The van der Waals surface area contributed by atoms with E-state index in [1.54, 1.807) is 6.20 Å². The lowest BCUT2D eigenvalue weighted by Gasteiger charge is -2.32. The molecule has 1 aliphatic heterocycles. The van der Waals surface area contributed by atoms with Crippen molar-refractivity contribution in [3.05, 3.63) is 18.1 Å². The van der Waals surface area contributed by atoms with Crippen molar-refractivity contribution in [2.45, 2.75) is 24.5 Å². The van der Waals surface area contributed by atoms with E-state index in [0.717, 1.165) is 29.9 Å². The number of hydrogen-bond acceptors (Lipinski definition) is 4. The standard InChI is InChI=1S/C11H16ClN3S/c1-2-10-8-15(3-4-16-10)11-7-13-9(5-12)6-14-11/h6-7,10H,2-5,8H2,1H3. The molecule has 3 nitrogen and oxygen atoms in total. The molecule has 2 rings (SSSR count). The zero-order valence-corrected chi connectivity index (χ0v) is 11.0. The van der Waals surface area contributed by atoms with Gasteiger partial charge in [-0.25, -0.2) is 4.98 Å². The topological polar surface area (TPSA) is 29.0 Å². The Labute approximate surface area is 106 Å². The summed E-state index contributed by atoms with van der Waals surface area (Å²) in [5, 5.41) is 0.725. The average molecular weight is 258 g/mol. The molecule has 1 atom stereocenters. The Morgan fingerprint density at radius 2 is 2.38 bits per heavy atom. The number of halogens is 1. The van der Waals surface area contributed by atoms with Crippen molar-refractivity contribution in [1.82, 2.24) is 9.97 Å². The fraction of sp³-hybridized carbons (Fsp3) is 0.636. The van der Waals surface area contributed by atoms with Crippen LogP contribution in [0.25, 0.3) is 0 Å². The second-order valence-electron chi connectivity index (χ2n) is 3.85. The van der Waals surface area contributed by atoms with Crippen molar-refractivity contribution in [1.29, 1.82) is 0 Å². The first-order valence-electron chi connectivity index (χ1n) is 5.57. The van der Waals surface area contributed by atoms with E-state index in [-0.39, 0.29) is 0 Å². The molecule has 1 unspecified atom stereocenters. The Bertz CT molecular complexity index is 331. The maximum Gasteiger partial charge on any atom is 0.147 e. The summed E-state index contributed by atoms with van der Waals surface area (Å²) in [6, 6.07) is 0. The molecule has 0 radical (unpaired) electrons. The highest BCUT2D eigenvalue weighted by atomic mass is 35.5. The quantitative estimate of drug-likeness (QED) is 0.779. The fourth-order valence-electron chi connectivity index (χ4n) is 1.75. The minimum absolute atomic E-state index is 0.431. The van der Waals surface area contributed by atoms with Gasteiger partial charge in [0.15, 0.2) is 0 Å². The van der Waals surface area contributed by atoms with Crippen molar-refractivity contribution in [3.8, 4) is 0 Å². The number of thioether (sulfide) groups is 1. The molecule has 0 saturated carbocycles. The largest absolute Gasteiger partial charge is 0.353 e. The van der Waals surface area contributed by atoms with Crippen LogP contribution in [0.4, 0.5) is 5.82 Å². The smallest absolute Gasteiger partial charge is 0.147 e. The number of hydrogen-bond donors (Lipinski definition) is 0. The Balaban J connectivity index is 2.05. The van der Waals surface area contributed by atoms with E-state index in [1.807, 2.05) is 6.20 Å². The number of rotatable bonds is 3. The van der Waals surface area contributed by atoms with Gasteiger partial charge in [-0.1, -0.05) is 6.92 Å². The lowest BCUT2D eigenvalue weighted by molar-refractivity contribution is 0.717. The third-order valence-corrected chi connectivity index (χ3v) is 4.39. The summed E-state index contributed by atoms with van der Waals surface area (Å²) in [4.78, 5) is 11.0. The van der Waals surface area contributed by atoms with Crippen LogP contribution < -0.4 is 4.90 Å². The lowest BCUT2D eigenvalue weighted by atomic mass is 10.3. The van der Waals surface area contributed by atoms with E-state index in [4.69, 9.17) is 11.6 Å². The van der Waals surface area contributed by atoms with Gasteiger partial charge in [0, 0.05) is 24.1 Å². The second kappa shape index (κ2) is 5.73. The van der Waals surface area contributed by atoms with Crippen molar-refractivity contribution >= 4 is 29.2 Å². The zero-order chi connectivity index (χ0) is 11.4. The molecule has 1 aromatic rings. The molecule has 0 aliphatic carbocycles. The van der Waals surface area contributed by atoms with E-state index in [9.17, 15) is 0 Å². The lowest BCUT2D eigenvalue weighted by Crippen LogP contribution is -2.38. The SMILES string of the molecule is CCC1CN(c2cnc(CCl)cn2)CCS1. The Morgan fingerprint density at radius 1 is 1.50 bits per heavy atom. The van der Waals surface area contributed by atoms with E-state index in [2.05, 4.69) is 33.6 Å². The van der Waals surface area contributed by atoms with Crippen LogP contribution in [-0.4, -0.2) is 34.1 Å². The maximum atomic E-state index is 5.69. The molecule has 5 heteroatoms. The molecular weight excluding hydrogens is 242 g/mol. The van der Waals surface area contributed by atoms with Crippen LogP contribution in [0.3, 0.4) is 0 Å². The van der Waals surface area contributed by atoms with Gasteiger partial charge in [-0.05, 0) is 6.42 Å². The molecule has 1 aliphatic rings. The highest BCUT2D eigenvalue weighted by molar-refractivity contribution is 8.00. The first-order chi connectivity index (χ1) is 7.83. The fourth-order valence-corrected chi connectivity index (χ4v) is 3.07. The van der Waals surface area contributed by atoms with Gasteiger partial charge >= 0.3 is 0 Å². The number of alkyl halides is 1. The zero-order valence-electron chi connectivity index (χ0n) is 9.40. The molecular formula is C11H16ClN3S. The monoisotopic (exact) mass is 257 g/mol. The molecule has 16 heavy (non-hydrogen) atoms. The molecule has 1 fully saturated rings. The van der Waals surface area contributed by atoms with Crippen molar-refractivity contribution < 1.29 is 0 Å². The van der Waals surface area contributed by atoms with Gasteiger partial charge < -0.3 is 4.90 Å². The molecule has 0 N–H and O–H groups in total. The van der Waals surface area contributed by atoms with Crippen molar-refractivity contribution in [2.24, 2.45) is 0 Å². The molecule has 0 spiro atoms. The minimum Gasteiger partial charge on any atom is -0.353 e. The maximum absolute atomic E-state index is 5.69. The van der Waals surface area contributed by atoms with E-state index in [1.165, 1.54) is 12.2 Å². The van der Waals surface area contributed by atoms with Gasteiger partial charge in [0.05, 0.1) is 24.0 Å². The van der Waals surface area contributed by atoms with Gasteiger partial charge in [0.1, 0.15) is 5.82 Å². The van der Waals surface area contributed by atoms with E-state index >= 15 is 0 Å². The number of anilines is 1.